The number of nitrogens with one attached hydrogen (secondary N) is 1. The van der Waals surface area contributed by atoms with E-state index in [9.17, 15) is 0 Å². The molecule has 1 N–H and O–H groups in total. The van der Waals surface area contributed by atoms with Gasteiger partial charge < -0.3 is 10.1 Å². The highest BCUT2D eigenvalue weighted by Crippen LogP contribution is 2.29. The average molecular weight is 183 g/mol. The fraction of sp³-hybridized carbons (Fsp3) is 1.00. The maximum atomic E-state index is 5.84. The summed E-state index contributed by atoms with van der Waals surface area (Å²) in [4.78, 5) is 0. The molecular weight excluding hydrogens is 162 g/mol. The summed E-state index contributed by atoms with van der Waals surface area (Å²) < 4.78 is 5.84. The Bertz CT molecular complexity index is 156. The lowest BCUT2D eigenvalue weighted by molar-refractivity contribution is 0.0576. The summed E-state index contributed by atoms with van der Waals surface area (Å²) in [5, 5.41) is 3.53. The third-order valence-corrected chi connectivity index (χ3v) is 3.08. The van der Waals surface area contributed by atoms with Crippen molar-refractivity contribution in [2.24, 2.45) is 5.92 Å². The molecule has 0 radical (unpaired) electrons. The summed E-state index contributed by atoms with van der Waals surface area (Å²) >= 11 is 0. The van der Waals surface area contributed by atoms with Gasteiger partial charge in [-0.25, -0.2) is 0 Å². The van der Waals surface area contributed by atoms with Crippen LogP contribution in [0.2, 0.25) is 0 Å². The van der Waals surface area contributed by atoms with Gasteiger partial charge in [-0.15, -0.1) is 0 Å². The van der Waals surface area contributed by atoms with E-state index in [1.807, 2.05) is 0 Å². The monoisotopic (exact) mass is 183 g/mol. The van der Waals surface area contributed by atoms with Crippen LogP contribution < -0.4 is 5.32 Å². The smallest absolute Gasteiger partial charge is 0.0714 e. The van der Waals surface area contributed by atoms with Crippen molar-refractivity contribution in [2.45, 2.75) is 51.2 Å². The van der Waals surface area contributed by atoms with E-state index < -0.39 is 0 Å². The van der Waals surface area contributed by atoms with Crippen LogP contribution in [0.4, 0.5) is 0 Å². The summed E-state index contributed by atoms with van der Waals surface area (Å²) in [6.45, 7) is 4.35. The summed E-state index contributed by atoms with van der Waals surface area (Å²) in [5.74, 6) is 0.908. The minimum atomic E-state index is 0.511. The van der Waals surface area contributed by atoms with Crippen molar-refractivity contribution in [2.75, 3.05) is 13.2 Å². The van der Waals surface area contributed by atoms with Crippen molar-refractivity contribution < 1.29 is 4.74 Å². The lowest BCUT2D eigenvalue weighted by atomic mass is 10.1. The van der Waals surface area contributed by atoms with Crippen LogP contribution in [-0.4, -0.2) is 25.3 Å². The molecule has 0 unspecified atom stereocenters. The standard InChI is InChI=1S/C11H21NO/c1-2-3-10-6-11(7-12-10)13-8-9-4-5-9/h9-12H,2-8H2,1H3/t10-,11+/m0/s1. The van der Waals surface area contributed by atoms with Crippen molar-refractivity contribution in [1.29, 1.82) is 0 Å². The fourth-order valence-corrected chi connectivity index (χ4v) is 2.03. The lowest BCUT2D eigenvalue weighted by Crippen LogP contribution is -2.21. The van der Waals surface area contributed by atoms with E-state index in [4.69, 9.17) is 4.74 Å². The summed E-state index contributed by atoms with van der Waals surface area (Å²) in [6, 6.07) is 0.731. The molecule has 1 heterocycles. The topological polar surface area (TPSA) is 21.3 Å². The van der Waals surface area contributed by atoms with Gasteiger partial charge in [0, 0.05) is 19.2 Å². The third-order valence-electron chi connectivity index (χ3n) is 3.08. The molecule has 0 aromatic rings. The van der Waals surface area contributed by atoms with Crippen LogP contribution >= 0.6 is 0 Å². The second-order valence-corrected chi connectivity index (χ2v) is 4.53. The first-order valence-corrected chi connectivity index (χ1v) is 5.73. The molecule has 2 rings (SSSR count). The molecule has 1 saturated heterocycles. The Morgan fingerprint density at radius 2 is 2.23 bits per heavy atom. The zero-order chi connectivity index (χ0) is 9.10. The third kappa shape index (κ3) is 2.96. The molecule has 2 fully saturated rings. The first kappa shape index (κ1) is 9.47. The lowest BCUT2D eigenvalue weighted by Gasteiger charge is -2.10. The predicted molar refractivity (Wildman–Crippen MR) is 53.8 cm³/mol. The van der Waals surface area contributed by atoms with Gasteiger partial charge >= 0.3 is 0 Å². The molecule has 2 heteroatoms. The molecule has 13 heavy (non-hydrogen) atoms. The maximum absolute atomic E-state index is 5.84. The average Bonchev–Trinajstić information content (AvgIpc) is 2.85. The van der Waals surface area contributed by atoms with Crippen LogP contribution in [0.3, 0.4) is 0 Å². The van der Waals surface area contributed by atoms with Crippen molar-refractivity contribution in [3.8, 4) is 0 Å². The second-order valence-electron chi connectivity index (χ2n) is 4.53. The Labute approximate surface area is 81.0 Å². The van der Waals surface area contributed by atoms with Crippen molar-refractivity contribution in [3.63, 3.8) is 0 Å². The largest absolute Gasteiger partial charge is 0.377 e. The molecule has 2 atom stereocenters. The first-order valence-electron chi connectivity index (χ1n) is 5.73. The van der Waals surface area contributed by atoms with E-state index in [0.717, 1.165) is 25.1 Å². The highest BCUT2D eigenvalue weighted by molar-refractivity contribution is 4.83. The molecule has 0 aromatic heterocycles. The van der Waals surface area contributed by atoms with E-state index in [-0.39, 0.29) is 0 Å². The summed E-state index contributed by atoms with van der Waals surface area (Å²) in [6.07, 6.45) is 7.14. The predicted octanol–water partition coefficient (Wildman–Crippen LogP) is 1.94. The van der Waals surface area contributed by atoms with Gasteiger partial charge in [-0.1, -0.05) is 13.3 Å². The van der Waals surface area contributed by atoms with E-state index in [1.165, 1.54) is 32.1 Å². The minimum Gasteiger partial charge on any atom is -0.377 e. The van der Waals surface area contributed by atoms with Gasteiger partial charge in [0.2, 0.25) is 0 Å². The van der Waals surface area contributed by atoms with E-state index in [0.29, 0.717) is 6.10 Å². The number of hydrogen-bond acceptors (Lipinski definition) is 2. The molecule has 2 nitrogen and oxygen atoms in total. The van der Waals surface area contributed by atoms with E-state index in [1.54, 1.807) is 0 Å². The van der Waals surface area contributed by atoms with Crippen LogP contribution in [0.25, 0.3) is 0 Å². The Morgan fingerprint density at radius 3 is 2.92 bits per heavy atom. The van der Waals surface area contributed by atoms with Crippen molar-refractivity contribution in [1.82, 2.24) is 5.32 Å². The Morgan fingerprint density at radius 1 is 1.38 bits per heavy atom. The first-order chi connectivity index (χ1) is 6.38. The number of hydrogen-bond donors (Lipinski definition) is 1. The van der Waals surface area contributed by atoms with Gasteiger partial charge in [-0.05, 0) is 31.6 Å². The van der Waals surface area contributed by atoms with Gasteiger partial charge in [-0.2, -0.15) is 0 Å². The van der Waals surface area contributed by atoms with Gasteiger partial charge in [-0.3, -0.25) is 0 Å². The Balaban J connectivity index is 1.59. The zero-order valence-corrected chi connectivity index (χ0v) is 8.59. The Kier molecular flexibility index (Phi) is 3.23. The highest BCUT2D eigenvalue weighted by atomic mass is 16.5. The highest BCUT2D eigenvalue weighted by Gasteiger charge is 2.27. The maximum Gasteiger partial charge on any atom is 0.0714 e. The molecular formula is C11H21NO. The normalized spacial score (nSPS) is 33.9. The van der Waals surface area contributed by atoms with E-state index in [2.05, 4.69) is 12.2 Å². The van der Waals surface area contributed by atoms with E-state index >= 15 is 0 Å². The van der Waals surface area contributed by atoms with Gasteiger partial charge in [0.25, 0.3) is 0 Å². The molecule has 0 aromatic carbocycles. The quantitative estimate of drug-likeness (QED) is 0.703. The minimum absolute atomic E-state index is 0.511. The molecule has 0 bridgehead atoms. The molecule has 0 amide bonds. The molecule has 1 aliphatic heterocycles. The molecule has 2 aliphatic rings. The molecule has 76 valence electrons. The fourth-order valence-electron chi connectivity index (χ4n) is 2.03. The molecule has 1 aliphatic carbocycles. The van der Waals surface area contributed by atoms with Crippen LogP contribution in [0, 0.1) is 5.92 Å². The molecule has 0 spiro atoms. The Hall–Kier alpha value is -0.0800. The second kappa shape index (κ2) is 4.43. The molecule has 1 saturated carbocycles. The van der Waals surface area contributed by atoms with Crippen molar-refractivity contribution >= 4 is 0 Å². The van der Waals surface area contributed by atoms with Crippen LogP contribution in [0.5, 0.6) is 0 Å². The SMILES string of the molecule is CCC[C@H]1C[C@@H](OCC2CC2)CN1. The van der Waals surface area contributed by atoms with Crippen LogP contribution in [-0.2, 0) is 4.74 Å². The zero-order valence-electron chi connectivity index (χ0n) is 8.59. The number of rotatable bonds is 5. The van der Waals surface area contributed by atoms with Gasteiger partial charge in [0.05, 0.1) is 6.10 Å². The van der Waals surface area contributed by atoms with Crippen LogP contribution in [0.1, 0.15) is 39.0 Å². The number of ether oxygens (including phenoxy) is 1. The van der Waals surface area contributed by atoms with Crippen molar-refractivity contribution in [3.05, 3.63) is 0 Å². The summed E-state index contributed by atoms with van der Waals surface area (Å²) in [7, 11) is 0. The van der Waals surface area contributed by atoms with Gasteiger partial charge in [0.1, 0.15) is 0 Å². The van der Waals surface area contributed by atoms with Crippen LogP contribution in [0.15, 0.2) is 0 Å². The van der Waals surface area contributed by atoms with Gasteiger partial charge in [0.15, 0.2) is 0 Å². The summed E-state index contributed by atoms with van der Waals surface area (Å²) in [5.41, 5.74) is 0.